The lowest BCUT2D eigenvalue weighted by molar-refractivity contribution is -0.134. The van der Waals surface area contributed by atoms with Gasteiger partial charge >= 0.3 is 11.9 Å². The predicted octanol–water partition coefficient (Wildman–Crippen LogP) is 2.93. The van der Waals surface area contributed by atoms with Crippen LogP contribution in [0.25, 0.3) is 10.9 Å². The van der Waals surface area contributed by atoms with Crippen LogP contribution in [0.4, 0.5) is 0 Å². The van der Waals surface area contributed by atoms with Crippen molar-refractivity contribution in [1.82, 2.24) is 10.4 Å². The average Bonchev–Trinajstić information content (AvgIpc) is 3.12. The van der Waals surface area contributed by atoms with Crippen molar-refractivity contribution >= 4 is 59.0 Å². The Hall–Kier alpha value is -3.09. The van der Waals surface area contributed by atoms with Gasteiger partial charge < -0.3 is 25.7 Å². The van der Waals surface area contributed by atoms with Gasteiger partial charge in [0.2, 0.25) is 5.96 Å². The fraction of sp³-hybridized carbons (Fsp3) is 0.300. The van der Waals surface area contributed by atoms with Gasteiger partial charge in [0.05, 0.1) is 13.3 Å². The largest absolute Gasteiger partial charge is 0.497 e. The summed E-state index contributed by atoms with van der Waals surface area (Å²) in [6, 6.07) is 5.86. The molecule has 10 nitrogen and oxygen atoms in total. The van der Waals surface area contributed by atoms with Gasteiger partial charge in [-0.25, -0.2) is 15.0 Å². The number of hydrazone groups is 1. The molecule has 0 fully saturated rings. The maximum Gasteiger partial charge on any atom is 0.328 e. The van der Waals surface area contributed by atoms with Gasteiger partial charge in [-0.05, 0) is 24.6 Å². The number of methoxy groups -OCH3 is 1. The summed E-state index contributed by atoms with van der Waals surface area (Å²) in [5, 5.41) is 20.8. The highest BCUT2D eigenvalue weighted by atomic mass is 127. The molecule has 2 aromatic rings. The number of halogens is 1. The Kier molecular flexibility index (Phi) is 14.1. The zero-order valence-electron chi connectivity index (χ0n) is 17.4. The molecule has 0 saturated heterocycles. The number of H-pyrrole nitrogens is 1. The van der Waals surface area contributed by atoms with Crippen molar-refractivity contribution in [2.24, 2.45) is 15.8 Å². The highest BCUT2D eigenvalue weighted by molar-refractivity contribution is 14.0. The second-order valence-electron chi connectivity index (χ2n) is 6.01. The van der Waals surface area contributed by atoms with E-state index >= 15 is 0 Å². The first-order valence-electron chi connectivity index (χ1n) is 9.25. The van der Waals surface area contributed by atoms with Crippen LogP contribution in [0.15, 0.2) is 46.6 Å². The molecule has 0 saturated carbocycles. The summed E-state index contributed by atoms with van der Waals surface area (Å²) in [4.78, 5) is 26.5. The van der Waals surface area contributed by atoms with Crippen molar-refractivity contribution in [3.63, 3.8) is 0 Å². The highest BCUT2D eigenvalue weighted by Crippen LogP contribution is 2.22. The maximum atomic E-state index is 9.55. The number of hydrogen-bond donors (Lipinski definition) is 5. The monoisotopic (exact) mass is 545 g/mol. The van der Waals surface area contributed by atoms with Gasteiger partial charge in [-0.3, -0.25) is 4.99 Å². The standard InChI is InChI=1S/C16H23N5O.C4H4O4.HI/c1-3-4-5-8-18-16(17)21-20-11-12-10-19-15-7-6-13(22-2)9-14(12)15;5-3(6)1-2-4(7)8;/h6-7,9-11,19H,3-5,8H2,1-2H3,(H3,17,18,21);1-2H,(H,5,6)(H,7,8);1H/b20-11+;2-1+;. The topological polar surface area (TPSA) is 162 Å². The summed E-state index contributed by atoms with van der Waals surface area (Å²) in [5.41, 5.74) is 10.5. The molecule has 0 amide bonds. The third-order valence-corrected chi connectivity index (χ3v) is 3.72. The minimum Gasteiger partial charge on any atom is -0.497 e. The van der Waals surface area contributed by atoms with Crippen molar-refractivity contribution in [3.8, 4) is 5.75 Å². The Balaban J connectivity index is 0.000000858. The lowest BCUT2D eigenvalue weighted by Gasteiger charge is -2.00. The second kappa shape index (κ2) is 15.7. The molecule has 0 unspecified atom stereocenters. The zero-order valence-corrected chi connectivity index (χ0v) is 19.7. The summed E-state index contributed by atoms with van der Waals surface area (Å²) in [6.07, 6.45) is 8.11. The number of guanidine groups is 1. The van der Waals surface area contributed by atoms with Crippen LogP contribution < -0.4 is 15.9 Å². The number of hydrogen-bond acceptors (Lipinski definition) is 5. The second-order valence-corrected chi connectivity index (χ2v) is 6.01. The first-order valence-corrected chi connectivity index (χ1v) is 9.25. The number of aliphatic carboxylic acids is 2. The first-order chi connectivity index (χ1) is 14.4. The van der Waals surface area contributed by atoms with Crippen LogP contribution in [-0.2, 0) is 9.59 Å². The minimum absolute atomic E-state index is 0. The number of nitrogens with two attached hydrogens (primary N) is 1. The molecule has 0 radical (unpaired) electrons. The van der Waals surface area contributed by atoms with E-state index in [9.17, 15) is 9.59 Å². The molecule has 0 atom stereocenters. The van der Waals surface area contributed by atoms with Crippen molar-refractivity contribution < 1.29 is 24.5 Å². The predicted molar refractivity (Wildman–Crippen MR) is 131 cm³/mol. The summed E-state index contributed by atoms with van der Waals surface area (Å²) >= 11 is 0. The van der Waals surface area contributed by atoms with Gasteiger partial charge in [0.25, 0.3) is 0 Å². The van der Waals surface area contributed by atoms with Gasteiger partial charge in [-0.2, -0.15) is 5.10 Å². The van der Waals surface area contributed by atoms with Gasteiger partial charge in [0.15, 0.2) is 0 Å². The highest BCUT2D eigenvalue weighted by Gasteiger charge is 2.03. The number of aromatic nitrogens is 1. The van der Waals surface area contributed by atoms with Crippen molar-refractivity contribution in [1.29, 1.82) is 0 Å². The Morgan fingerprint density at radius 3 is 2.48 bits per heavy atom. The molecule has 170 valence electrons. The number of nitrogens with one attached hydrogen (secondary N) is 2. The molecular formula is C20H28IN5O5. The first kappa shape index (κ1) is 27.9. The van der Waals surface area contributed by atoms with Crippen LogP contribution in [0.1, 0.15) is 31.7 Å². The summed E-state index contributed by atoms with van der Waals surface area (Å²) in [6.45, 7) is 2.89. The molecule has 1 aromatic carbocycles. The summed E-state index contributed by atoms with van der Waals surface area (Å²) < 4.78 is 5.24. The van der Waals surface area contributed by atoms with Crippen molar-refractivity contribution in [3.05, 3.63) is 42.1 Å². The van der Waals surface area contributed by atoms with Crippen LogP contribution in [0.3, 0.4) is 0 Å². The van der Waals surface area contributed by atoms with Gasteiger partial charge in [0, 0.05) is 41.4 Å². The lowest BCUT2D eigenvalue weighted by Crippen LogP contribution is -2.27. The molecule has 1 heterocycles. The minimum atomic E-state index is -1.26. The number of ether oxygens (including phenoxy) is 1. The number of benzene rings is 1. The third-order valence-electron chi connectivity index (χ3n) is 3.72. The van der Waals surface area contributed by atoms with Crippen LogP contribution >= 0.6 is 24.0 Å². The van der Waals surface area contributed by atoms with E-state index in [-0.39, 0.29) is 24.0 Å². The van der Waals surface area contributed by atoms with E-state index in [4.69, 9.17) is 20.7 Å². The SMILES string of the molecule is CCCCCN=C(N)N/N=C/c1c[nH]c2ccc(OC)cc12.I.O=C(O)/C=C/C(=O)O. The quantitative estimate of drug-likeness (QED) is 0.0808. The number of rotatable bonds is 9. The Morgan fingerprint density at radius 1 is 1.23 bits per heavy atom. The third kappa shape index (κ3) is 11.6. The molecule has 6 N–H and O–H groups in total. The summed E-state index contributed by atoms with van der Waals surface area (Å²) in [7, 11) is 1.65. The fourth-order valence-corrected chi connectivity index (χ4v) is 2.26. The molecule has 11 heteroatoms. The molecule has 31 heavy (non-hydrogen) atoms. The molecular weight excluding hydrogens is 517 g/mol. The Labute approximate surface area is 197 Å². The van der Waals surface area contributed by atoms with Crippen molar-refractivity contribution in [2.75, 3.05) is 13.7 Å². The van der Waals surface area contributed by atoms with Crippen LogP contribution in [-0.4, -0.2) is 53.0 Å². The Morgan fingerprint density at radius 2 is 1.90 bits per heavy atom. The lowest BCUT2D eigenvalue weighted by atomic mass is 10.2. The normalized spacial score (nSPS) is 11.1. The average molecular weight is 545 g/mol. The molecule has 2 rings (SSSR count). The van der Waals surface area contributed by atoms with E-state index in [2.05, 4.69) is 27.4 Å². The summed E-state index contributed by atoms with van der Waals surface area (Å²) in [5.74, 6) is -1.36. The number of carboxylic acids is 2. The fourth-order valence-electron chi connectivity index (χ4n) is 2.26. The van der Waals surface area contributed by atoms with Gasteiger partial charge in [-0.15, -0.1) is 24.0 Å². The molecule has 0 aliphatic heterocycles. The molecule has 1 aromatic heterocycles. The Bertz CT molecular complexity index is 908. The van der Waals surface area contributed by atoms with E-state index in [0.29, 0.717) is 18.1 Å². The van der Waals surface area contributed by atoms with E-state index in [1.54, 1.807) is 13.3 Å². The number of aliphatic imine (C=N–C) groups is 1. The van der Waals surface area contributed by atoms with E-state index in [1.807, 2.05) is 24.4 Å². The van der Waals surface area contributed by atoms with Crippen LogP contribution in [0.2, 0.25) is 0 Å². The number of unbranched alkanes of at least 4 members (excludes halogenated alkanes) is 2. The van der Waals surface area contributed by atoms with Crippen LogP contribution in [0, 0.1) is 0 Å². The van der Waals surface area contributed by atoms with Crippen LogP contribution in [0.5, 0.6) is 5.75 Å². The molecule has 0 aliphatic carbocycles. The van der Waals surface area contributed by atoms with E-state index in [0.717, 1.165) is 41.6 Å². The maximum absolute atomic E-state index is 9.55. The zero-order chi connectivity index (χ0) is 22.4. The van der Waals surface area contributed by atoms with Gasteiger partial charge in [-0.1, -0.05) is 19.8 Å². The number of fused-ring (bicyclic) bond motifs is 1. The number of nitrogens with zero attached hydrogens (tertiary/aromatic N) is 2. The number of carbonyl (C=O) groups is 2. The van der Waals surface area contributed by atoms with Crippen molar-refractivity contribution in [2.45, 2.75) is 26.2 Å². The molecule has 0 bridgehead atoms. The van der Waals surface area contributed by atoms with E-state index in [1.165, 1.54) is 6.42 Å². The number of aromatic amines is 1. The molecule has 0 aliphatic rings. The smallest absolute Gasteiger partial charge is 0.328 e. The number of carboxylic acid groups (broad SMARTS) is 2. The van der Waals surface area contributed by atoms with E-state index < -0.39 is 11.9 Å². The van der Waals surface area contributed by atoms with Gasteiger partial charge in [0.1, 0.15) is 5.75 Å². The molecule has 0 spiro atoms.